The number of rotatable bonds is 2. The topological polar surface area (TPSA) is 37.8 Å². The molecule has 1 N–H and O–H groups in total. The van der Waals surface area contributed by atoms with Crippen LogP contribution in [0, 0.1) is 0 Å². The lowest BCUT2D eigenvalue weighted by atomic mass is 10.3. The Balaban J connectivity index is 2.13. The minimum Gasteiger partial charge on any atom is -0.388 e. The van der Waals surface area contributed by atoms with Gasteiger partial charge in [0.05, 0.1) is 10.2 Å². The third-order valence-corrected chi connectivity index (χ3v) is 3.62. The highest BCUT2D eigenvalue weighted by Gasteiger charge is 2.07. The van der Waals surface area contributed by atoms with Crippen molar-refractivity contribution in [3.05, 3.63) is 42.6 Å². The Bertz CT molecular complexity index is 627. The van der Waals surface area contributed by atoms with Crippen molar-refractivity contribution in [2.75, 3.05) is 12.4 Å². The van der Waals surface area contributed by atoms with Crippen LogP contribution in [0.1, 0.15) is 0 Å². The summed E-state index contributed by atoms with van der Waals surface area (Å²) in [5, 5.41) is 4.07. The second kappa shape index (κ2) is 4.14. The van der Waals surface area contributed by atoms with Crippen LogP contribution in [0.4, 0.5) is 5.69 Å². The number of pyridine rings is 1. The van der Waals surface area contributed by atoms with Crippen molar-refractivity contribution in [2.24, 2.45) is 0 Å². The lowest BCUT2D eigenvalue weighted by molar-refractivity contribution is 1.30. The maximum Gasteiger partial charge on any atom is 0.143 e. The molecule has 2 heterocycles. The molecule has 0 saturated carbocycles. The van der Waals surface area contributed by atoms with Gasteiger partial charge in [0.1, 0.15) is 10.7 Å². The predicted octanol–water partition coefficient (Wildman–Crippen LogP) is 3.40. The van der Waals surface area contributed by atoms with Crippen molar-refractivity contribution in [3.63, 3.8) is 0 Å². The third-order valence-electron chi connectivity index (χ3n) is 2.56. The van der Waals surface area contributed by atoms with Crippen molar-refractivity contribution in [1.82, 2.24) is 9.97 Å². The van der Waals surface area contributed by atoms with Crippen LogP contribution in [0.25, 0.3) is 20.9 Å². The molecule has 0 unspecified atom stereocenters. The van der Waals surface area contributed by atoms with E-state index in [1.165, 1.54) is 4.70 Å². The van der Waals surface area contributed by atoms with E-state index >= 15 is 0 Å². The maximum absolute atomic E-state index is 4.59. The molecule has 0 aliphatic heterocycles. The number of anilines is 1. The molecule has 84 valence electrons. The highest BCUT2D eigenvalue weighted by atomic mass is 32.1. The molecule has 0 saturated heterocycles. The van der Waals surface area contributed by atoms with Gasteiger partial charge < -0.3 is 5.32 Å². The minimum atomic E-state index is 0.915. The summed E-state index contributed by atoms with van der Waals surface area (Å²) in [6, 6.07) is 12.1. The lowest BCUT2D eigenvalue weighted by Crippen LogP contribution is -1.89. The second-order valence-electron chi connectivity index (χ2n) is 3.67. The first-order valence-corrected chi connectivity index (χ1v) is 6.18. The molecule has 4 heteroatoms. The first-order chi connectivity index (χ1) is 8.36. The van der Waals surface area contributed by atoms with Crippen molar-refractivity contribution in [2.45, 2.75) is 0 Å². The van der Waals surface area contributed by atoms with Gasteiger partial charge in [0, 0.05) is 18.9 Å². The van der Waals surface area contributed by atoms with Crippen molar-refractivity contribution >= 4 is 27.2 Å². The van der Waals surface area contributed by atoms with Crippen molar-refractivity contribution < 1.29 is 0 Å². The molecule has 3 nitrogen and oxygen atoms in total. The molecular weight excluding hydrogens is 230 g/mol. The summed E-state index contributed by atoms with van der Waals surface area (Å²) in [5.74, 6) is 0. The zero-order chi connectivity index (χ0) is 11.7. The third kappa shape index (κ3) is 1.87. The molecule has 0 aliphatic carbocycles. The van der Waals surface area contributed by atoms with Crippen LogP contribution in [-0.2, 0) is 0 Å². The molecule has 0 bridgehead atoms. The number of para-hydroxylation sites is 1. The Morgan fingerprint density at radius 1 is 1.18 bits per heavy atom. The number of nitrogens with one attached hydrogen (secondary N) is 1. The van der Waals surface area contributed by atoms with E-state index in [0.29, 0.717) is 0 Å². The lowest BCUT2D eigenvalue weighted by Gasteiger charge is -2.00. The second-order valence-corrected chi connectivity index (χ2v) is 4.70. The first kappa shape index (κ1) is 10.2. The van der Waals surface area contributed by atoms with Gasteiger partial charge >= 0.3 is 0 Å². The van der Waals surface area contributed by atoms with E-state index in [1.54, 1.807) is 17.5 Å². The molecule has 0 atom stereocenters. The zero-order valence-electron chi connectivity index (χ0n) is 9.34. The average molecular weight is 241 g/mol. The van der Waals surface area contributed by atoms with Crippen molar-refractivity contribution in [3.8, 4) is 10.7 Å². The number of hydrogen-bond acceptors (Lipinski definition) is 4. The fourth-order valence-corrected chi connectivity index (χ4v) is 2.62. The highest BCUT2D eigenvalue weighted by Crippen LogP contribution is 2.29. The number of nitrogens with zero attached hydrogens (tertiary/aromatic N) is 2. The molecule has 0 aliphatic rings. The monoisotopic (exact) mass is 241 g/mol. The minimum absolute atomic E-state index is 0.915. The van der Waals surface area contributed by atoms with Gasteiger partial charge in [-0.25, -0.2) is 4.98 Å². The van der Waals surface area contributed by atoms with Gasteiger partial charge in [0.25, 0.3) is 0 Å². The van der Waals surface area contributed by atoms with Gasteiger partial charge in [0.2, 0.25) is 0 Å². The maximum atomic E-state index is 4.59. The number of aromatic nitrogens is 2. The summed E-state index contributed by atoms with van der Waals surface area (Å²) in [6.45, 7) is 0. The fraction of sp³-hybridized carbons (Fsp3) is 0.0769. The smallest absolute Gasteiger partial charge is 0.143 e. The van der Waals surface area contributed by atoms with Crippen LogP contribution in [0.3, 0.4) is 0 Å². The summed E-state index contributed by atoms with van der Waals surface area (Å²) in [7, 11) is 1.90. The van der Waals surface area contributed by atoms with Crippen LogP contribution in [0.5, 0.6) is 0 Å². The van der Waals surface area contributed by atoms with E-state index in [0.717, 1.165) is 21.9 Å². The molecule has 3 aromatic rings. The largest absolute Gasteiger partial charge is 0.388 e. The summed E-state index contributed by atoms with van der Waals surface area (Å²) in [5.41, 5.74) is 3.00. The van der Waals surface area contributed by atoms with E-state index in [1.807, 2.05) is 37.4 Å². The molecular formula is C13H11N3S. The molecule has 3 rings (SSSR count). The summed E-state index contributed by atoms with van der Waals surface area (Å²) in [4.78, 5) is 8.95. The highest BCUT2D eigenvalue weighted by molar-refractivity contribution is 7.21. The van der Waals surface area contributed by atoms with Crippen LogP contribution in [0.2, 0.25) is 0 Å². The molecule has 0 amide bonds. The predicted molar refractivity (Wildman–Crippen MR) is 72.4 cm³/mol. The van der Waals surface area contributed by atoms with Crippen LogP contribution >= 0.6 is 11.3 Å². The van der Waals surface area contributed by atoms with Gasteiger partial charge in [-0.1, -0.05) is 12.1 Å². The molecule has 0 radical (unpaired) electrons. The van der Waals surface area contributed by atoms with E-state index in [4.69, 9.17) is 0 Å². The Morgan fingerprint density at radius 2 is 2.06 bits per heavy atom. The Morgan fingerprint density at radius 3 is 2.88 bits per heavy atom. The molecule has 2 aromatic heterocycles. The number of thiazole rings is 1. The molecule has 17 heavy (non-hydrogen) atoms. The summed E-state index contributed by atoms with van der Waals surface area (Å²) < 4.78 is 1.19. The Hall–Kier alpha value is -1.94. The van der Waals surface area contributed by atoms with Gasteiger partial charge in [-0.15, -0.1) is 11.3 Å². The van der Waals surface area contributed by atoms with Gasteiger partial charge in [0.15, 0.2) is 0 Å². The number of benzene rings is 1. The van der Waals surface area contributed by atoms with E-state index in [9.17, 15) is 0 Å². The molecule has 1 aromatic carbocycles. The standard InChI is InChI=1S/C13H11N3S/c1-14-9-6-7-15-11(8-9)13-16-10-4-2-3-5-12(10)17-13/h2-8H,1H3,(H,14,15). The number of fused-ring (bicyclic) bond motifs is 1. The Kier molecular flexibility index (Phi) is 2.49. The fourth-order valence-electron chi connectivity index (χ4n) is 1.68. The van der Waals surface area contributed by atoms with Gasteiger partial charge in [-0.3, -0.25) is 4.98 Å². The van der Waals surface area contributed by atoms with Gasteiger partial charge in [-0.2, -0.15) is 0 Å². The summed E-state index contributed by atoms with van der Waals surface area (Å²) in [6.07, 6.45) is 1.80. The van der Waals surface area contributed by atoms with Crippen LogP contribution in [0.15, 0.2) is 42.6 Å². The Labute approximate surface area is 103 Å². The quantitative estimate of drug-likeness (QED) is 0.747. The van der Waals surface area contributed by atoms with Gasteiger partial charge in [-0.05, 0) is 24.3 Å². The van der Waals surface area contributed by atoms with Crippen LogP contribution in [-0.4, -0.2) is 17.0 Å². The van der Waals surface area contributed by atoms with Crippen molar-refractivity contribution in [1.29, 1.82) is 0 Å². The first-order valence-electron chi connectivity index (χ1n) is 5.36. The van der Waals surface area contributed by atoms with E-state index < -0.39 is 0 Å². The van der Waals surface area contributed by atoms with Crippen LogP contribution < -0.4 is 5.32 Å². The normalized spacial score (nSPS) is 10.6. The number of hydrogen-bond donors (Lipinski definition) is 1. The zero-order valence-corrected chi connectivity index (χ0v) is 10.2. The molecule has 0 spiro atoms. The average Bonchev–Trinajstić information content (AvgIpc) is 2.82. The van der Waals surface area contributed by atoms with E-state index in [2.05, 4.69) is 21.4 Å². The molecule has 0 fully saturated rings. The SMILES string of the molecule is CNc1ccnc(-c2nc3ccccc3s2)c1. The summed E-state index contributed by atoms with van der Waals surface area (Å²) >= 11 is 1.67. The van der Waals surface area contributed by atoms with E-state index in [-0.39, 0.29) is 0 Å².